The van der Waals surface area contributed by atoms with Crippen molar-refractivity contribution in [3.63, 3.8) is 0 Å². The van der Waals surface area contributed by atoms with Gasteiger partial charge in [-0.3, -0.25) is 4.79 Å². The number of unbranched alkanes of at least 4 members (excludes halogenated alkanes) is 4. The van der Waals surface area contributed by atoms with Crippen LogP contribution in [0.25, 0.3) is 11.0 Å². The van der Waals surface area contributed by atoms with E-state index in [1.54, 1.807) is 0 Å². The predicted octanol–water partition coefficient (Wildman–Crippen LogP) is 4.74. The van der Waals surface area contributed by atoms with Crippen molar-refractivity contribution in [3.8, 4) is 5.75 Å². The zero-order valence-corrected chi connectivity index (χ0v) is 17.3. The lowest BCUT2D eigenvalue weighted by molar-refractivity contribution is -0.123. The van der Waals surface area contributed by atoms with E-state index < -0.39 is 0 Å². The molecule has 29 heavy (non-hydrogen) atoms. The summed E-state index contributed by atoms with van der Waals surface area (Å²) in [5, 5.41) is 2.94. The van der Waals surface area contributed by atoms with Crippen molar-refractivity contribution in [3.05, 3.63) is 60.4 Å². The van der Waals surface area contributed by atoms with Gasteiger partial charge in [-0.2, -0.15) is 0 Å². The second-order valence-corrected chi connectivity index (χ2v) is 7.28. The van der Waals surface area contributed by atoms with Crippen molar-refractivity contribution in [1.82, 2.24) is 14.9 Å². The Morgan fingerprint density at radius 3 is 2.59 bits per heavy atom. The Labute approximate surface area is 173 Å². The average molecular weight is 394 g/mol. The van der Waals surface area contributed by atoms with E-state index in [1.807, 2.05) is 36.4 Å². The molecule has 0 saturated heterocycles. The number of hydrogen-bond acceptors (Lipinski definition) is 3. The third kappa shape index (κ3) is 6.34. The van der Waals surface area contributed by atoms with Gasteiger partial charge in [-0.25, -0.2) is 4.98 Å². The molecule has 3 aromatic rings. The topological polar surface area (TPSA) is 56.2 Å². The predicted molar refractivity (Wildman–Crippen MR) is 117 cm³/mol. The number of fused-ring (bicyclic) bond motifs is 1. The summed E-state index contributed by atoms with van der Waals surface area (Å²) < 4.78 is 7.81. The van der Waals surface area contributed by atoms with E-state index in [2.05, 4.69) is 35.0 Å². The zero-order chi connectivity index (χ0) is 20.3. The number of nitrogens with one attached hydrogen (secondary N) is 1. The lowest BCUT2D eigenvalue weighted by atomic mass is 10.1. The number of imidazole rings is 1. The molecular formula is C24H31N3O2. The molecule has 0 aliphatic heterocycles. The number of para-hydroxylation sites is 3. The van der Waals surface area contributed by atoms with Gasteiger partial charge in [-0.05, 0) is 30.7 Å². The molecular weight excluding hydrogens is 362 g/mol. The number of benzene rings is 2. The molecule has 0 fully saturated rings. The summed E-state index contributed by atoms with van der Waals surface area (Å²) >= 11 is 0. The molecule has 0 saturated carbocycles. The normalized spacial score (nSPS) is 10.9. The van der Waals surface area contributed by atoms with Crippen molar-refractivity contribution in [2.75, 3.05) is 13.2 Å². The number of amides is 1. The van der Waals surface area contributed by atoms with Gasteiger partial charge in [0, 0.05) is 19.5 Å². The molecule has 0 aliphatic rings. The second-order valence-electron chi connectivity index (χ2n) is 7.28. The Hall–Kier alpha value is -2.82. The Morgan fingerprint density at radius 1 is 1.00 bits per heavy atom. The van der Waals surface area contributed by atoms with E-state index in [0.717, 1.165) is 24.3 Å². The molecule has 1 aromatic heterocycles. The minimum absolute atomic E-state index is 0.0257. The van der Waals surface area contributed by atoms with Crippen LogP contribution in [0.4, 0.5) is 0 Å². The molecule has 0 spiro atoms. The number of hydrogen-bond donors (Lipinski definition) is 1. The maximum absolute atomic E-state index is 12.1. The third-order valence-electron chi connectivity index (χ3n) is 5.00. The molecule has 5 heteroatoms. The number of rotatable bonds is 12. The number of carbonyl (C=O) groups is 1. The molecule has 154 valence electrons. The molecule has 1 amide bonds. The summed E-state index contributed by atoms with van der Waals surface area (Å²) in [6.07, 6.45) is 6.95. The van der Waals surface area contributed by atoms with E-state index in [9.17, 15) is 4.79 Å². The molecule has 1 heterocycles. The standard InChI is InChI=1S/C24H31N3O2/c1-2-3-4-5-11-18-27-22-15-10-9-14-21(22)26-23(27)16-17-25-24(28)19-29-20-12-7-6-8-13-20/h6-10,12-15H,2-5,11,16-19H2,1H3,(H,25,28). The largest absolute Gasteiger partial charge is 0.484 e. The molecule has 0 atom stereocenters. The van der Waals surface area contributed by atoms with Crippen LogP contribution in [0.5, 0.6) is 5.75 Å². The maximum atomic E-state index is 12.1. The van der Waals surface area contributed by atoms with E-state index in [-0.39, 0.29) is 12.5 Å². The smallest absolute Gasteiger partial charge is 0.257 e. The first kappa shape index (κ1) is 20.9. The van der Waals surface area contributed by atoms with Gasteiger partial charge >= 0.3 is 0 Å². The zero-order valence-electron chi connectivity index (χ0n) is 17.3. The highest BCUT2D eigenvalue weighted by molar-refractivity contribution is 5.77. The molecule has 2 aromatic carbocycles. The van der Waals surface area contributed by atoms with E-state index in [1.165, 1.54) is 31.2 Å². The molecule has 0 radical (unpaired) electrons. The highest BCUT2D eigenvalue weighted by Crippen LogP contribution is 2.18. The molecule has 0 bridgehead atoms. The van der Waals surface area contributed by atoms with Crippen LogP contribution in [0.1, 0.15) is 44.9 Å². The van der Waals surface area contributed by atoms with Gasteiger partial charge in [-0.1, -0.05) is 62.9 Å². The first-order valence-corrected chi connectivity index (χ1v) is 10.7. The SMILES string of the molecule is CCCCCCCn1c(CCNC(=O)COc2ccccc2)nc2ccccc21. The van der Waals surface area contributed by atoms with Crippen LogP contribution in [0.2, 0.25) is 0 Å². The highest BCUT2D eigenvalue weighted by Gasteiger charge is 2.11. The van der Waals surface area contributed by atoms with Crippen LogP contribution < -0.4 is 10.1 Å². The fourth-order valence-corrected chi connectivity index (χ4v) is 3.47. The van der Waals surface area contributed by atoms with Gasteiger partial charge in [0.25, 0.3) is 5.91 Å². The van der Waals surface area contributed by atoms with E-state index in [4.69, 9.17) is 9.72 Å². The van der Waals surface area contributed by atoms with Crippen molar-refractivity contribution in [1.29, 1.82) is 0 Å². The highest BCUT2D eigenvalue weighted by atomic mass is 16.5. The summed E-state index contributed by atoms with van der Waals surface area (Å²) in [6.45, 7) is 3.79. The van der Waals surface area contributed by atoms with Crippen LogP contribution in [0.3, 0.4) is 0 Å². The number of nitrogens with zero attached hydrogens (tertiary/aromatic N) is 2. The lowest BCUT2D eigenvalue weighted by Crippen LogP contribution is -2.31. The van der Waals surface area contributed by atoms with Crippen LogP contribution in [-0.2, 0) is 17.8 Å². The summed E-state index contributed by atoms with van der Waals surface area (Å²) in [6, 6.07) is 17.6. The maximum Gasteiger partial charge on any atom is 0.257 e. The molecule has 5 nitrogen and oxygen atoms in total. The Balaban J connectivity index is 1.52. The molecule has 0 unspecified atom stereocenters. The van der Waals surface area contributed by atoms with E-state index in [0.29, 0.717) is 18.7 Å². The Bertz CT molecular complexity index is 890. The van der Waals surface area contributed by atoms with Crippen molar-refractivity contribution in [2.45, 2.75) is 52.0 Å². The first-order valence-electron chi connectivity index (χ1n) is 10.7. The molecule has 3 rings (SSSR count). The van der Waals surface area contributed by atoms with E-state index >= 15 is 0 Å². The van der Waals surface area contributed by atoms with Crippen LogP contribution in [0.15, 0.2) is 54.6 Å². The number of carbonyl (C=O) groups excluding carboxylic acids is 1. The van der Waals surface area contributed by atoms with Crippen LogP contribution in [-0.4, -0.2) is 28.6 Å². The summed E-state index contributed by atoms with van der Waals surface area (Å²) in [4.78, 5) is 16.9. The summed E-state index contributed by atoms with van der Waals surface area (Å²) in [5.74, 6) is 1.62. The van der Waals surface area contributed by atoms with Gasteiger partial charge in [0.05, 0.1) is 11.0 Å². The van der Waals surface area contributed by atoms with Crippen molar-refractivity contribution in [2.24, 2.45) is 0 Å². The van der Waals surface area contributed by atoms with Gasteiger partial charge in [0.1, 0.15) is 11.6 Å². The lowest BCUT2D eigenvalue weighted by Gasteiger charge is -2.10. The number of ether oxygens (including phenoxy) is 1. The molecule has 1 N–H and O–H groups in total. The van der Waals surface area contributed by atoms with Gasteiger partial charge in [-0.15, -0.1) is 0 Å². The quantitative estimate of drug-likeness (QED) is 0.452. The summed E-state index contributed by atoms with van der Waals surface area (Å²) in [7, 11) is 0. The van der Waals surface area contributed by atoms with Gasteiger partial charge in [0.2, 0.25) is 0 Å². The Kier molecular flexibility index (Phi) is 8.11. The number of aryl methyl sites for hydroxylation is 1. The third-order valence-corrected chi connectivity index (χ3v) is 5.00. The van der Waals surface area contributed by atoms with Crippen molar-refractivity contribution >= 4 is 16.9 Å². The summed E-state index contributed by atoms with van der Waals surface area (Å²) in [5.41, 5.74) is 2.20. The number of aromatic nitrogens is 2. The molecule has 0 aliphatic carbocycles. The fraction of sp³-hybridized carbons (Fsp3) is 0.417. The fourth-order valence-electron chi connectivity index (χ4n) is 3.47. The van der Waals surface area contributed by atoms with Gasteiger partial charge in [0.15, 0.2) is 6.61 Å². The second kappa shape index (κ2) is 11.2. The van der Waals surface area contributed by atoms with Gasteiger partial charge < -0.3 is 14.6 Å². The monoisotopic (exact) mass is 393 g/mol. The first-order chi connectivity index (χ1) is 14.3. The minimum atomic E-state index is -0.115. The average Bonchev–Trinajstić information content (AvgIpc) is 3.10. The van der Waals surface area contributed by atoms with Crippen LogP contribution in [0, 0.1) is 0 Å². The van der Waals surface area contributed by atoms with Crippen LogP contribution >= 0.6 is 0 Å². The minimum Gasteiger partial charge on any atom is -0.484 e. The Morgan fingerprint density at radius 2 is 1.76 bits per heavy atom. The van der Waals surface area contributed by atoms with Crippen molar-refractivity contribution < 1.29 is 9.53 Å².